The Kier molecular flexibility index (Phi) is 4.92. The standard InChI is InChI=1S/C25H30F2O5S/c1-12-8-15-16-10-18(26)17-9-14(28)6-7-22(17,2)24(16,27)19(29)11-23(15,3)25(12,21(31)33)32-20(30)13-4-5-13/h6-7,9,12-13,15-16,18-19,29H,4-5,8,10-11H2,1-3H3,(H,31,33)/t12?,15-,16-,18?,19?,22-,23-,24?,25?/m0/s1. The summed E-state index contributed by atoms with van der Waals surface area (Å²) in [6.07, 6.45) is 2.05. The summed E-state index contributed by atoms with van der Waals surface area (Å²) < 4.78 is 38.6. The molecule has 5 aliphatic carbocycles. The lowest BCUT2D eigenvalue weighted by Gasteiger charge is -2.63. The smallest absolute Gasteiger partial charge is 0.309 e. The Balaban J connectivity index is 1.63. The molecule has 5 unspecified atom stereocenters. The summed E-state index contributed by atoms with van der Waals surface area (Å²) in [5, 5.41) is 10.8. The number of carbonyl (C=O) groups excluding carboxylic acids is 3. The first kappa shape index (κ1) is 23.2. The summed E-state index contributed by atoms with van der Waals surface area (Å²) in [6, 6.07) is 0. The average molecular weight is 481 g/mol. The van der Waals surface area contributed by atoms with E-state index in [9.17, 15) is 19.5 Å². The summed E-state index contributed by atoms with van der Waals surface area (Å²) in [7, 11) is 0. The maximum atomic E-state index is 17.2. The van der Waals surface area contributed by atoms with E-state index < -0.39 is 69.0 Å². The molecule has 9 atom stereocenters. The van der Waals surface area contributed by atoms with E-state index in [1.807, 2.05) is 0 Å². The van der Waals surface area contributed by atoms with Crippen molar-refractivity contribution in [1.82, 2.24) is 0 Å². The predicted octanol–water partition coefficient (Wildman–Crippen LogP) is 3.70. The van der Waals surface area contributed by atoms with E-state index in [4.69, 9.17) is 4.74 Å². The van der Waals surface area contributed by atoms with Gasteiger partial charge in [-0.15, -0.1) is 12.6 Å². The van der Waals surface area contributed by atoms with Gasteiger partial charge in [0.15, 0.2) is 17.1 Å². The van der Waals surface area contributed by atoms with Crippen LogP contribution < -0.4 is 0 Å². The Morgan fingerprint density at radius 3 is 2.48 bits per heavy atom. The van der Waals surface area contributed by atoms with Crippen LogP contribution in [0, 0.1) is 34.5 Å². The van der Waals surface area contributed by atoms with Gasteiger partial charge in [0.25, 0.3) is 0 Å². The summed E-state index contributed by atoms with van der Waals surface area (Å²) in [4.78, 5) is 37.7. The van der Waals surface area contributed by atoms with Crippen molar-refractivity contribution in [3.63, 3.8) is 0 Å². The van der Waals surface area contributed by atoms with Crippen LogP contribution in [-0.4, -0.2) is 45.5 Å². The summed E-state index contributed by atoms with van der Waals surface area (Å²) >= 11 is 4.14. The number of hydrogen-bond acceptors (Lipinski definition) is 5. The number of aliphatic hydroxyl groups is 1. The van der Waals surface area contributed by atoms with Crippen LogP contribution in [0.25, 0.3) is 0 Å². The fourth-order valence-electron chi connectivity index (χ4n) is 7.80. The summed E-state index contributed by atoms with van der Waals surface area (Å²) in [6.45, 7) is 5.07. The Morgan fingerprint density at radius 2 is 1.88 bits per heavy atom. The molecular weight excluding hydrogens is 450 g/mol. The molecule has 4 fully saturated rings. The minimum atomic E-state index is -2.24. The third-order valence-electron chi connectivity index (χ3n) is 9.66. The van der Waals surface area contributed by atoms with Crippen molar-refractivity contribution in [3.05, 3.63) is 23.8 Å². The summed E-state index contributed by atoms with van der Waals surface area (Å²) in [5.41, 5.74) is -6.41. The van der Waals surface area contributed by atoms with Gasteiger partial charge < -0.3 is 9.84 Å². The number of alkyl halides is 2. The van der Waals surface area contributed by atoms with E-state index in [2.05, 4.69) is 12.6 Å². The lowest BCUT2D eigenvalue weighted by Crippen LogP contribution is -2.70. The zero-order valence-corrected chi connectivity index (χ0v) is 19.9. The first-order valence-electron chi connectivity index (χ1n) is 11.8. The van der Waals surface area contributed by atoms with Crippen molar-refractivity contribution in [2.45, 2.75) is 76.4 Å². The van der Waals surface area contributed by atoms with Gasteiger partial charge in [-0.3, -0.25) is 14.4 Å². The number of thiol groups is 1. The van der Waals surface area contributed by atoms with Crippen LogP contribution in [0.4, 0.5) is 8.78 Å². The van der Waals surface area contributed by atoms with Crippen LogP contribution in [0.2, 0.25) is 0 Å². The SMILES string of the molecule is CC1C[C@H]2[C@@H]3CC(F)C4=CC(=O)C=C[C@]4(C)C3(F)C(O)C[C@]2(C)C1(OC(=O)C1CC1)C(=O)S. The van der Waals surface area contributed by atoms with Crippen molar-refractivity contribution in [3.8, 4) is 0 Å². The molecule has 1 N–H and O–H groups in total. The predicted molar refractivity (Wildman–Crippen MR) is 119 cm³/mol. The highest BCUT2D eigenvalue weighted by Gasteiger charge is 2.78. The first-order valence-corrected chi connectivity index (χ1v) is 12.2. The molecule has 5 nitrogen and oxygen atoms in total. The maximum absolute atomic E-state index is 17.2. The molecule has 0 bridgehead atoms. The highest BCUT2D eigenvalue weighted by Crippen LogP contribution is 2.72. The molecule has 0 aliphatic heterocycles. The second kappa shape index (κ2) is 7.00. The molecule has 8 heteroatoms. The maximum Gasteiger partial charge on any atom is 0.309 e. The zero-order valence-electron chi connectivity index (χ0n) is 19.0. The van der Waals surface area contributed by atoms with Crippen molar-refractivity contribution < 1.29 is 33.0 Å². The lowest BCUT2D eigenvalue weighted by molar-refractivity contribution is -0.229. The third-order valence-corrected chi connectivity index (χ3v) is 9.99. The van der Waals surface area contributed by atoms with Gasteiger partial charge in [-0.25, -0.2) is 8.78 Å². The normalized spacial score (nSPS) is 50.7. The van der Waals surface area contributed by atoms with Crippen molar-refractivity contribution >= 4 is 29.5 Å². The number of rotatable bonds is 3. The van der Waals surface area contributed by atoms with E-state index in [1.54, 1.807) is 13.8 Å². The number of fused-ring (bicyclic) bond motifs is 5. The molecule has 5 aliphatic rings. The van der Waals surface area contributed by atoms with Gasteiger partial charge in [-0.1, -0.05) is 19.9 Å². The van der Waals surface area contributed by atoms with Gasteiger partial charge in [-0.2, -0.15) is 0 Å². The minimum Gasteiger partial charge on any atom is -0.449 e. The van der Waals surface area contributed by atoms with Crippen molar-refractivity contribution in [1.29, 1.82) is 0 Å². The van der Waals surface area contributed by atoms with E-state index in [0.717, 1.165) is 6.08 Å². The number of esters is 1. The van der Waals surface area contributed by atoms with E-state index >= 15 is 8.78 Å². The number of ether oxygens (including phenoxy) is 1. The Morgan fingerprint density at radius 1 is 1.21 bits per heavy atom. The van der Waals surface area contributed by atoms with Crippen LogP contribution in [0.5, 0.6) is 0 Å². The molecule has 0 aromatic rings. The summed E-state index contributed by atoms with van der Waals surface area (Å²) in [5.74, 6) is -3.04. The van der Waals surface area contributed by atoms with Crippen molar-refractivity contribution in [2.24, 2.45) is 34.5 Å². The highest BCUT2D eigenvalue weighted by molar-refractivity contribution is 7.96. The molecule has 4 saturated carbocycles. The van der Waals surface area contributed by atoms with Gasteiger partial charge in [0.2, 0.25) is 5.12 Å². The van der Waals surface area contributed by atoms with E-state index in [0.29, 0.717) is 19.3 Å². The monoisotopic (exact) mass is 480 g/mol. The average Bonchev–Trinajstić information content (AvgIpc) is 3.55. The first-order chi connectivity index (χ1) is 15.3. The zero-order chi connectivity index (χ0) is 24.1. The van der Waals surface area contributed by atoms with Crippen molar-refractivity contribution in [2.75, 3.05) is 0 Å². The van der Waals surface area contributed by atoms with Crippen LogP contribution in [0.15, 0.2) is 23.8 Å². The highest BCUT2D eigenvalue weighted by atomic mass is 32.1. The molecular formula is C25H30F2O5S. The number of halogens is 2. The number of aliphatic hydroxyl groups excluding tert-OH is 1. The Hall–Kier alpha value is -1.54. The van der Waals surface area contributed by atoms with Gasteiger partial charge >= 0.3 is 5.97 Å². The topological polar surface area (TPSA) is 80.7 Å². The Labute approximate surface area is 197 Å². The number of ketones is 1. The van der Waals surface area contributed by atoms with E-state index in [1.165, 1.54) is 19.1 Å². The van der Waals surface area contributed by atoms with Crippen LogP contribution >= 0.6 is 12.6 Å². The molecule has 0 aromatic heterocycles. The molecule has 0 radical (unpaired) electrons. The molecule has 5 rings (SSSR count). The second-order valence-corrected chi connectivity index (χ2v) is 11.6. The molecule has 0 spiro atoms. The quantitative estimate of drug-likeness (QED) is 0.476. The molecule has 0 amide bonds. The van der Waals surface area contributed by atoms with Crippen LogP contribution in [0.3, 0.4) is 0 Å². The minimum absolute atomic E-state index is 0.0548. The largest absolute Gasteiger partial charge is 0.449 e. The molecule has 33 heavy (non-hydrogen) atoms. The fourth-order valence-corrected chi connectivity index (χ4v) is 8.32. The molecule has 0 heterocycles. The lowest BCUT2D eigenvalue weighted by atomic mass is 9.44. The third kappa shape index (κ3) is 2.71. The van der Waals surface area contributed by atoms with Gasteiger partial charge in [0.1, 0.15) is 6.17 Å². The number of allylic oxidation sites excluding steroid dienone is 4. The van der Waals surface area contributed by atoms with Crippen LogP contribution in [-0.2, 0) is 19.1 Å². The molecule has 0 aromatic carbocycles. The van der Waals surface area contributed by atoms with Crippen LogP contribution in [0.1, 0.15) is 52.9 Å². The number of hydrogen-bond donors (Lipinski definition) is 2. The van der Waals surface area contributed by atoms with Gasteiger partial charge in [0.05, 0.1) is 12.0 Å². The number of carbonyl (C=O) groups is 3. The van der Waals surface area contributed by atoms with Gasteiger partial charge in [-0.05, 0) is 62.7 Å². The Bertz CT molecular complexity index is 1010. The molecule has 0 saturated heterocycles. The van der Waals surface area contributed by atoms with E-state index in [-0.39, 0.29) is 24.3 Å². The molecule has 180 valence electrons. The second-order valence-electron chi connectivity index (χ2n) is 11.2. The fraction of sp³-hybridized carbons (Fsp3) is 0.720. The van der Waals surface area contributed by atoms with Gasteiger partial charge in [0, 0.05) is 22.7 Å².